The molecule has 0 spiro atoms. The van der Waals surface area contributed by atoms with Crippen LogP contribution in [0.3, 0.4) is 0 Å². The molecule has 1 aliphatic heterocycles. The number of Topliss-reactive ketones (excluding diaryl/α,β-unsaturated/α-hetero) is 1. The lowest BCUT2D eigenvalue weighted by Crippen LogP contribution is -2.12. The largest absolute Gasteiger partial charge is 0.494 e. The van der Waals surface area contributed by atoms with Gasteiger partial charge in [-0.3, -0.25) is 9.59 Å². The van der Waals surface area contributed by atoms with Crippen LogP contribution < -0.4 is 14.2 Å². The van der Waals surface area contributed by atoms with E-state index in [0.29, 0.717) is 34.3 Å². The van der Waals surface area contributed by atoms with E-state index in [1.165, 1.54) is 0 Å². The van der Waals surface area contributed by atoms with Crippen molar-refractivity contribution in [3.05, 3.63) is 93.7 Å². The fraction of sp³-hybridized carbons (Fsp3) is 0.154. The van der Waals surface area contributed by atoms with E-state index >= 15 is 0 Å². The highest BCUT2D eigenvalue weighted by atomic mass is 35.5. The molecule has 0 atom stereocenters. The summed E-state index contributed by atoms with van der Waals surface area (Å²) in [7, 11) is 0. The Morgan fingerprint density at radius 1 is 1.03 bits per heavy atom. The van der Waals surface area contributed by atoms with Crippen LogP contribution in [-0.2, 0) is 11.2 Å². The standard InChI is InChI=1S/C26H21ClO5/c1-3-30-20-10-6-17(7-11-20)14-23-25(29)21-12-13-22(16(2)26(21)32-23)31-24(28)15-18-4-8-19(27)9-5-18/h4-14H,3,15H2,1-2H3/b23-14-. The van der Waals surface area contributed by atoms with Crippen LogP contribution in [0.4, 0.5) is 0 Å². The topological polar surface area (TPSA) is 61.8 Å². The predicted molar refractivity (Wildman–Crippen MR) is 123 cm³/mol. The van der Waals surface area contributed by atoms with Crippen LogP contribution >= 0.6 is 11.6 Å². The van der Waals surface area contributed by atoms with Gasteiger partial charge in [0, 0.05) is 10.6 Å². The third-order valence-electron chi connectivity index (χ3n) is 5.01. The van der Waals surface area contributed by atoms with E-state index in [9.17, 15) is 9.59 Å². The first-order valence-corrected chi connectivity index (χ1v) is 10.6. The van der Waals surface area contributed by atoms with Crippen molar-refractivity contribution >= 4 is 29.4 Å². The number of carbonyl (C=O) groups excluding carboxylic acids is 2. The number of halogens is 1. The Morgan fingerprint density at radius 2 is 1.75 bits per heavy atom. The zero-order valence-electron chi connectivity index (χ0n) is 17.7. The molecule has 1 aliphatic rings. The summed E-state index contributed by atoms with van der Waals surface area (Å²) in [6.45, 7) is 4.27. The maximum atomic E-state index is 12.8. The average molecular weight is 449 g/mol. The zero-order chi connectivity index (χ0) is 22.7. The van der Waals surface area contributed by atoms with Gasteiger partial charge in [-0.25, -0.2) is 0 Å². The van der Waals surface area contributed by atoms with Crippen molar-refractivity contribution in [2.45, 2.75) is 20.3 Å². The molecule has 6 heteroatoms. The van der Waals surface area contributed by atoms with Crippen LogP contribution in [-0.4, -0.2) is 18.4 Å². The minimum Gasteiger partial charge on any atom is -0.494 e. The summed E-state index contributed by atoms with van der Waals surface area (Å²) < 4.78 is 16.8. The van der Waals surface area contributed by atoms with Crippen LogP contribution in [0.25, 0.3) is 6.08 Å². The van der Waals surface area contributed by atoms with Crippen molar-refractivity contribution < 1.29 is 23.8 Å². The van der Waals surface area contributed by atoms with Crippen LogP contribution in [0.1, 0.15) is 34.0 Å². The number of ketones is 1. The first-order chi connectivity index (χ1) is 15.4. The molecule has 0 fully saturated rings. The minimum absolute atomic E-state index is 0.108. The average Bonchev–Trinajstić information content (AvgIpc) is 3.09. The predicted octanol–water partition coefficient (Wildman–Crippen LogP) is 5.81. The number of allylic oxidation sites excluding steroid dienone is 1. The number of fused-ring (bicyclic) bond motifs is 1. The van der Waals surface area contributed by atoms with Crippen molar-refractivity contribution in [3.8, 4) is 17.2 Å². The molecule has 0 saturated carbocycles. The lowest BCUT2D eigenvalue weighted by molar-refractivity contribution is -0.133. The van der Waals surface area contributed by atoms with Gasteiger partial charge in [0.25, 0.3) is 0 Å². The van der Waals surface area contributed by atoms with E-state index in [2.05, 4.69) is 0 Å². The second-order valence-corrected chi connectivity index (χ2v) is 7.72. The Hall–Kier alpha value is -3.57. The highest BCUT2D eigenvalue weighted by Gasteiger charge is 2.30. The fourth-order valence-corrected chi connectivity index (χ4v) is 3.51. The summed E-state index contributed by atoms with van der Waals surface area (Å²) in [5, 5.41) is 0.604. The van der Waals surface area contributed by atoms with Crippen LogP contribution in [0.5, 0.6) is 17.2 Å². The molecule has 0 bridgehead atoms. The molecule has 0 unspecified atom stereocenters. The number of hydrogen-bond donors (Lipinski definition) is 0. The Morgan fingerprint density at radius 3 is 2.44 bits per heavy atom. The first kappa shape index (κ1) is 21.7. The van der Waals surface area contributed by atoms with Crippen LogP contribution in [0.2, 0.25) is 5.02 Å². The van der Waals surface area contributed by atoms with E-state index in [0.717, 1.165) is 16.9 Å². The van der Waals surface area contributed by atoms with E-state index in [1.54, 1.807) is 49.4 Å². The number of benzene rings is 3. The lowest BCUT2D eigenvalue weighted by Gasteiger charge is -2.10. The molecule has 0 radical (unpaired) electrons. The van der Waals surface area contributed by atoms with Crippen molar-refractivity contribution in [1.29, 1.82) is 0 Å². The molecule has 0 aromatic heterocycles. The van der Waals surface area contributed by atoms with E-state index in [1.807, 2.05) is 31.2 Å². The molecular formula is C26H21ClO5. The van der Waals surface area contributed by atoms with E-state index < -0.39 is 5.97 Å². The second-order valence-electron chi connectivity index (χ2n) is 7.28. The molecule has 3 aromatic carbocycles. The van der Waals surface area contributed by atoms with E-state index in [4.69, 9.17) is 25.8 Å². The van der Waals surface area contributed by atoms with Crippen molar-refractivity contribution in [3.63, 3.8) is 0 Å². The molecule has 3 aromatic rings. The van der Waals surface area contributed by atoms with Crippen LogP contribution in [0, 0.1) is 6.92 Å². The minimum atomic E-state index is -0.412. The van der Waals surface area contributed by atoms with Gasteiger partial charge in [0.1, 0.15) is 17.2 Å². The monoisotopic (exact) mass is 448 g/mol. The summed E-state index contributed by atoms with van der Waals surface area (Å²) in [6.07, 6.45) is 1.79. The highest BCUT2D eigenvalue weighted by molar-refractivity contribution is 6.30. The van der Waals surface area contributed by atoms with Gasteiger partial charge in [-0.1, -0.05) is 35.9 Å². The molecule has 162 valence electrons. The second kappa shape index (κ2) is 9.28. The Labute approximate surface area is 191 Å². The Kier molecular flexibility index (Phi) is 6.28. The SMILES string of the molecule is CCOc1ccc(/C=C2\Oc3c(ccc(OC(=O)Cc4ccc(Cl)cc4)c3C)C2=O)cc1. The third-order valence-corrected chi connectivity index (χ3v) is 5.26. The van der Waals surface area contributed by atoms with Gasteiger partial charge in [0.05, 0.1) is 18.6 Å². The van der Waals surface area contributed by atoms with Crippen molar-refractivity contribution in [2.75, 3.05) is 6.61 Å². The van der Waals surface area contributed by atoms with Gasteiger partial charge >= 0.3 is 5.97 Å². The smallest absolute Gasteiger partial charge is 0.315 e. The number of ether oxygens (including phenoxy) is 3. The molecule has 5 nitrogen and oxygen atoms in total. The number of rotatable bonds is 6. The fourth-order valence-electron chi connectivity index (χ4n) is 3.38. The van der Waals surface area contributed by atoms with Gasteiger partial charge in [0.2, 0.25) is 5.78 Å². The molecule has 0 amide bonds. The Bertz CT molecular complexity index is 1190. The lowest BCUT2D eigenvalue weighted by atomic mass is 10.1. The molecule has 0 saturated heterocycles. The number of esters is 1. The summed E-state index contributed by atoms with van der Waals surface area (Å²) in [5.41, 5.74) is 2.65. The van der Waals surface area contributed by atoms with Gasteiger partial charge in [-0.05, 0) is 67.4 Å². The maximum absolute atomic E-state index is 12.8. The quantitative estimate of drug-likeness (QED) is 0.270. The molecule has 32 heavy (non-hydrogen) atoms. The Balaban J connectivity index is 1.50. The van der Waals surface area contributed by atoms with Gasteiger partial charge in [-0.15, -0.1) is 0 Å². The molecule has 0 aliphatic carbocycles. The maximum Gasteiger partial charge on any atom is 0.315 e. The summed E-state index contributed by atoms with van der Waals surface area (Å²) >= 11 is 5.88. The summed E-state index contributed by atoms with van der Waals surface area (Å²) in [6, 6.07) is 17.6. The van der Waals surface area contributed by atoms with Gasteiger partial charge in [0.15, 0.2) is 5.76 Å². The third kappa shape index (κ3) is 4.68. The van der Waals surface area contributed by atoms with Crippen LogP contribution in [0.15, 0.2) is 66.4 Å². The normalized spacial score (nSPS) is 13.6. The van der Waals surface area contributed by atoms with Crippen molar-refractivity contribution in [2.24, 2.45) is 0 Å². The number of hydrogen-bond acceptors (Lipinski definition) is 5. The molecule has 0 N–H and O–H groups in total. The highest BCUT2D eigenvalue weighted by Crippen LogP contribution is 2.39. The first-order valence-electron chi connectivity index (χ1n) is 10.2. The number of carbonyl (C=O) groups is 2. The van der Waals surface area contributed by atoms with Gasteiger partial charge < -0.3 is 14.2 Å². The summed E-state index contributed by atoms with van der Waals surface area (Å²) in [4.78, 5) is 25.2. The molecule has 4 rings (SSSR count). The zero-order valence-corrected chi connectivity index (χ0v) is 18.4. The molecule has 1 heterocycles. The van der Waals surface area contributed by atoms with Crippen molar-refractivity contribution in [1.82, 2.24) is 0 Å². The summed E-state index contributed by atoms with van der Waals surface area (Å²) in [5.74, 6) is 1.12. The van der Waals surface area contributed by atoms with Gasteiger partial charge in [-0.2, -0.15) is 0 Å². The van der Waals surface area contributed by atoms with E-state index in [-0.39, 0.29) is 18.0 Å². The molecular weight excluding hydrogens is 428 g/mol.